The molecule has 0 spiro atoms. The summed E-state index contributed by atoms with van der Waals surface area (Å²) >= 11 is 6.34. The van der Waals surface area contributed by atoms with Crippen LogP contribution in [0, 0.1) is 11.8 Å². The summed E-state index contributed by atoms with van der Waals surface area (Å²) in [4.78, 5) is 15.3. The van der Waals surface area contributed by atoms with Crippen LogP contribution in [0.4, 0.5) is 5.69 Å². The second-order valence-electron chi connectivity index (χ2n) is 10.6. The van der Waals surface area contributed by atoms with Crippen molar-refractivity contribution in [2.45, 2.75) is 57.1 Å². The van der Waals surface area contributed by atoms with Gasteiger partial charge in [-0.2, -0.15) is 0 Å². The number of nitrogens with one attached hydrogen (secondary N) is 1. The van der Waals surface area contributed by atoms with E-state index in [4.69, 9.17) is 16.3 Å². The van der Waals surface area contributed by atoms with Crippen molar-refractivity contribution >= 4 is 33.2 Å². The van der Waals surface area contributed by atoms with Gasteiger partial charge in [0.15, 0.2) is 0 Å². The Morgan fingerprint density at radius 3 is 2.73 bits per heavy atom. The molecular formula is C29H35ClN2O4S. The highest BCUT2D eigenvalue weighted by Crippen LogP contribution is 2.41. The average molecular weight is 543 g/mol. The van der Waals surface area contributed by atoms with Gasteiger partial charge in [0.1, 0.15) is 5.75 Å². The van der Waals surface area contributed by atoms with E-state index in [-0.39, 0.29) is 5.92 Å². The van der Waals surface area contributed by atoms with Crippen molar-refractivity contribution in [3.8, 4) is 5.75 Å². The molecule has 2 aromatic rings. The van der Waals surface area contributed by atoms with Crippen LogP contribution < -0.4 is 14.4 Å². The van der Waals surface area contributed by atoms with E-state index in [9.17, 15) is 13.2 Å². The lowest BCUT2D eigenvalue weighted by Gasteiger charge is -2.40. The van der Waals surface area contributed by atoms with E-state index in [2.05, 4.69) is 34.8 Å². The molecule has 3 unspecified atom stereocenters. The van der Waals surface area contributed by atoms with Crippen molar-refractivity contribution in [2.75, 3.05) is 24.6 Å². The number of sulfonamides is 1. The lowest BCUT2D eigenvalue weighted by atomic mass is 9.73. The van der Waals surface area contributed by atoms with Crippen LogP contribution in [0.1, 0.15) is 66.9 Å². The number of carbonyl (C=O) groups excluding carboxylic acids is 1. The minimum Gasteiger partial charge on any atom is -0.491 e. The number of hydrogen-bond donors (Lipinski definition) is 1. The predicted molar refractivity (Wildman–Crippen MR) is 148 cm³/mol. The Morgan fingerprint density at radius 1 is 1.14 bits per heavy atom. The van der Waals surface area contributed by atoms with E-state index < -0.39 is 21.2 Å². The minimum atomic E-state index is -3.79. The molecule has 2 heterocycles. The third kappa shape index (κ3) is 5.53. The van der Waals surface area contributed by atoms with Gasteiger partial charge in [-0.3, -0.25) is 4.79 Å². The average Bonchev–Trinajstić information content (AvgIpc) is 3.03. The zero-order valence-corrected chi connectivity index (χ0v) is 23.0. The van der Waals surface area contributed by atoms with Gasteiger partial charge in [-0.1, -0.05) is 43.2 Å². The SMILES string of the molecule is CCCc1cc(Cl)ccc1C1COc2ccc3cc2N(C1)CC1CCC1/C=C\C[C@@H](C)S(=O)(=O)NC3=O. The summed E-state index contributed by atoms with van der Waals surface area (Å²) in [6.07, 6.45) is 8.75. The van der Waals surface area contributed by atoms with Gasteiger partial charge in [0, 0.05) is 29.6 Å². The third-order valence-electron chi connectivity index (χ3n) is 8.05. The molecule has 1 aliphatic carbocycles. The van der Waals surface area contributed by atoms with Crippen LogP contribution in [0.2, 0.25) is 5.02 Å². The van der Waals surface area contributed by atoms with Gasteiger partial charge in [-0.15, -0.1) is 0 Å². The van der Waals surface area contributed by atoms with Crippen molar-refractivity contribution in [2.24, 2.45) is 11.8 Å². The summed E-state index contributed by atoms with van der Waals surface area (Å²) < 4.78 is 34.2. The maximum Gasteiger partial charge on any atom is 0.264 e. The molecule has 2 aliphatic heterocycles. The highest BCUT2D eigenvalue weighted by molar-refractivity contribution is 7.90. The number of fused-ring (bicyclic) bond motifs is 2. The first-order valence-corrected chi connectivity index (χ1v) is 15.2. The Balaban J connectivity index is 1.54. The van der Waals surface area contributed by atoms with Gasteiger partial charge in [-0.05, 0) is 85.9 Å². The molecule has 0 saturated heterocycles. The molecule has 1 fully saturated rings. The van der Waals surface area contributed by atoms with Crippen LogP contribution in [-0.2, 0) is 16.4 Å². The van der Waals surface area contributed by atoms with Crippen molar-refractivity contribution in [1.82, 2.24) is 4.72 Å². The number of ether oxygens (including phenoxy) is 1. The number of benzene rings is 2. The van der Waals surface area contributed by atoms with E-state index >= 15 is 0 Å². The van der Waals surface area contributed by atoms with E-state index in [1.54, 1.807) is 25.1 Å². The molecule has 198 valence electrons. The first kappa shape index (κ1) is 26.1. The number of hydrogen-bond acceptors (Lipinski definition) is 5. The Kier molecular flexibility index (Phi) is 7.55. The van der Waals surface area contributed by atoms with Crippen LogP contribution in [0.25, 0.3) is 0 Å². The van der Waals surface area contributed by atoms with Gasteiger partial charge in [0.2, 0.25) is 10.0 Å². The normalized spacial score (nSPS) is 28.0. The number of carbonyl (C=O) groups is 1. The van der Waals surface area contributed by atoms with Gasteiger partial charge >= 0.3 is 0 Å². The van der Waals surface area contributed by atoms with Crippen LogP contribution in [0.5, 0.6) is 5.75 Å². The van der Waals surface area contributed by atoms with Gasteiger partial charge in [0.25, 0.3) is 5.91 Å². The van der Waals surface area contributed by atoms with Crippen molar-refractivity contribution in [3.63, 3.8) is 0 Å². The van der Waals surface area contributed by atoms with Crippen LogP contribution in [0.3, 0.4) is 0 Å². The summed E-state index contributed by atoms with van der Waals surface area (Å²) in [5.74, 6) is 1.14. The molecule has 0 aromatic heterocycles. The number of nitrogens with zero attached hydrogens (tertiary/aromatic N) is 1. The Labute approximate surface area is 225 Å². The lowest BCUT2D eigenvalue weighted by Crippen LogP contribution is -2.40. The monoisotopic (exact) mass is 542 g/mol. The number of anilines is 1. The van der Waals surface area contributed by atoms with E-state index in [1.807, 2.05) is 12.1 Å². The van der Waals surface area contributed by atoms with Gasteiger partial charge in [0.05, 0.1) is 17.5 Å². The first-order chi connectivity index (χ1) is 17.7. The van der Waals surface area contributed by atoms with Crippen LogP contribution in [0.15, 0.2) is 48.6 Å². The molecule has 37 heavy (non-hydrogen) atoms. The molecular weight excluding hydrogens is 508 g/mol. The molecule has 8 heteroatoms. The smallest absolute Gasteiger partial charge is 0.264 e. The lowest BCUT2D eigenvalue weighted by molar-refractivity contribution is 0.0981. The zero-order chi connectivity index (χ0) is 26.2. The summed E-state index contributed by atoms with van der Waals surface area (Å²) in [6.45, 7) is 5.94. The molecule has 1 amide bonds. The molecule has 5 rings (SSSR count). The number of allylic oxidation sites excluding steroid dienone is 2. The number of amides is 1. The molecule has 1 saturated carbocycles. The molecule has 4 atom stereocenters. The van der Waals surface area contributed by atoms with Crippen molar-refractivity contribution < 1.29 is 17.9 Å². The second-order valence-corrected chi connectivity index (χ2v) is 13.2. The van der Waals surface area contributed by atoms with Crippen LogP contribution >= 0.6 is 11.6 Å². The Morgan fingerprint density at radius 2 is 1.97 bits per heavy atom. The Bertz CT molecular complexity index is 1310. The molecule has 2 aromatic carbocycles. The highest BCUT2D eigenvalue weighted by atomic mass is 35.5. The fourth-order valence-corrected chi connectivity index (χ4v) is 6.81. The van der Waals surface area contributed by atoms with E-state index in [0.717, 1.165) is 55.2 Å². The number of halogens is 1. The van der Waals surface area contributed by atoms with Crippen molar-refractivity contribution in [3.05, 3.63) is 70.3 Å². The predicted octanol–water partition coefficient (Wildman–Crippen LogP) is 5.71. The summed E-state index contributed by atoms with van der Waals surface area (Å²) in [7, 11) is -3.79. The minimum absolute atomic E-state index is 0.137. The standard InChI is InChI=1S/C29H35ClN2O4S/c1-3-5-21-14-25(30)11-12-26(21)24-17-32-16-23-9-8-20(23)7-4-6-19(2)37(34,35)31-29(33)22-10-13-28(36-18-24)27(32)15-22/h4,7,10-15,19-20,23-24H,3,5-6,8-9,16-18H2,1-2H3,(H,31,33)/b7-4-/t19-,20?,23?,24?/m1/s1. The van der Waals surface area contributed by atoms with E-state index in [0.29, 0.717) is 30.4 Å². The summed E-state index contributed by atoms with van der Waals surface area (Å²) in [5, 5.41) is 0.0552. The van der Waals surface area contributed by atoms with Crippen molar-refractivity contribution in [1.29, 1.82) is 0 Å². The second kappa shape index (κ2) is 10.7. The van der Waals surface area contributed by atoms with Gasteiger partial charge < -0.3 is 9.64 Å². The molecule has 0 radical (unpaired) electrons. The fourth-order valence-electron chi connectivity index (χ4n) is 5.67. The molecule has 3 aliphatic rings. The highest BCUT2D eigenvalue weighted by Gasteiger charge is 2.34. The Hall–Kier alpha value is -2.51. The quantitative estimate of drug-likeness (QED) is 0.503. The third-order valence-corrected chi connectivity index (χ3v) is 10.0. The van der Waals surface area contributed by atoms with Gasteiger partial charge in [-0.25, -0.2) is 13.1 Å². The molecule has 6 nitrogen and oxygen atoms in total. The number of aryl methyl sites for hydroxylation is 1. The summed E-state index contributed by atoms with van der Waals surface area (Å²) in [5.41, 5.74) is 3.66. The molecule has 1 N–H and O–H groups in total. The molecule has 2 bridgehead atoms. The largest absolute Gasteiger partial charge is 0.491 e. The number of rotatable bonds is 3. The van der Waals surface area contributed by atoms with Crippen LogP contribution in [-0.4, -0.2) is 39.3 Å². The topological polar surface area (TPSA) is 75.7 Å². The first-order valence-electron chi connectivity index (χ1n) is 13.3. The fraction of sp³-hybridized carbons (Fsp3) is 0.483. The maximum absolute atomic E-state index is 13.0. The van der Waals surface area contributed by atoms with E-state index in [1.165, 1.54) is 11.1 Å². The summed E-state index contributed by atoms with van der Waals surface area (Å²) in [6, 6.07) is 11.4. The maximum atomic E-state index is 13.0. The zero-order valence-electron chi connectivity index (χ0n) is 21.5.